The van der Waals surface area contributed by atoms with Crippen LogP contribution in [0.3, 0.4) is 0 Å². The summed E-state index contributed by atoms with van der Waals surface area (Å²) in [6.45, 7) is 2.21. The minimum absolute atomic E-state index is 0.406. The second-order valence-electron chi connectivity index (χ2n) is 4.63. The summed E-state index contributed by atoms with van der Waals surface area (Å²) in [6.07, 6.45) is 1.67. The van der Waals surface area contributed by atoms with Crippen LogP contribution in [-0.4, -0.2) is 54.1 Å². The van der Waals surface area contributed by atoms with Gasteiger partial charge in [-0.15, -0.1) is 11.3 Å². The number of nitrogens with one attached hydrogen (secondary N) is 2. The van der Waals surface area contributed by atoms with Crippen LogP contribution in [-0.2, 0) is 16.4 Å². The Morgan fingerprint density at radius 2 is 2.00 bits per heavy atom. The lowest BCUT2D eigenvalue weighted by atomic mass is 10.3. The highest BCUT2D eigenvalue weighted by molar-refractivity contribution is 7.91. The van der Waals surface area contributed by atoms with Crippen LogP contribution in [0.15, 0.2) is 16.3 Å². The highest BCUT2D eigenvalue weighted by Gasteiger charge is 2.15. The first kappa shape index (κ1) is 16.6. The van der Waals surface area contributed by atoms with E-state index in [1.165, 1.54) is 11.3 Å². The molecular formula is C12H23N3O2S2. The van der Waals surface area contributed by atoms with Crippen molar-refractivity contribution < 1.29 is 8.42 Å². The minimum atomic E-state index is -3.33. The number of likely N-dealkylation sites (N-methyl/N-ethyl adjacent to an activating group) is 1. The van der Waals surface area contributed by atoms with Gasteiger partial charge in [-0.25, -0.2) is 13.1 Å². The second kappa shape index (κ2) is 7.96. The molecule has 19 heavy (non-hydrogen) atoms. The Bertz CT molecular complexity index is 469. The van der Waals surface area contributed by atoms with E-state index >= 15 is 0 Å². The zero-order chi connectivity index (χ0) is 14.3. The van der Waals surface area contributed by atoms with E-state index in [4.69, 9.17) is 0 Å². The fourth-order valence-electron chi connectivity index (χ4n) is 1.56. The molecule has 1 rings (SSSR count). The molecule has 110 valence electrons. The Morgan fingerprint density at radius 3 is 2.63 bits per heavy atom. The quantitative estimate of drug-likeness (QED) is 0.661. The van der Waals surface area contributed by atoms with E-state index in [0.29, 0.717) is 10.8 Å². The fourth-order valence-corrected chi connectivity index (χ4v) is 4.03. The molecule has 0 aliphatic rings. The van der Waals surface area contributed by atoms with Crippen LogP contribution in [0.1, 0.15) is 11.3 Å². The molecule has 0 radical (unpaired) electrons. The van der Waals surface area contributed by atoms with E-state index in [1.54, 1.807) is 6.07 Å². The Morgan fingerprint density at radius 1 is 1.26 bits per heavy atom. The molecule has 0 aliphatic carbocycles. The second-order valence-corrected chi connectivity index (χ2v) is 7.79. The van der Waals surface area contributed by atoms with Crippen molar-refractivity contribution in [2.24, 2.45) is 0 Å². The summed E-state index contributed by atoms with van der Waals surface area (Å²) in [5, 5.41) is 3.05. The van der Waals surface area contributed by atoms with E-state index in [1.807, 2.05) is 32.1 Å². The largest absolute Gasteiger partial charge is 0.319 e. The third-order valence-electron chi connectivity index (χ3n) is 2.60. The number of sulfonamides is 1. The van der Waals surface area contributed by atoms with E-state index in [9.17, 15) is 8.42 Å². The van der Waals surface area contributed by atoms with Gasteiger partial charge in [-0.05, 0) is 59.2 Å². The average Bonchev–Trinajstić information content (AvgIpc) is 2.81. The van der Waals surface area contributed by atoms with Gasteiger partial charge in [0.2, 0.25) is 10.0 Å². The van der Waals surface area contributed by atoms with Gasteiger partial charge in [-0.3, -0.25) is 0 Å². The maximum absolute atomic E-state index is 12.0. The summed E-state index contributed by atoms with van der Waals surface area (Å²) in [6, 6.07) is 3.57. The Hall–Kier alpha value is -0.470. The van der Waals surface area contributed by atoms with Gasteiger partial charge in [0.15, 0.2) is 0 Å². The lowest BCUT2D eigenvalue weighted by Gasteiger charge is -2.09. The molecule has 1 aromatic rings. The smallest absolute Gasteiger partial charge is 0.250 e. The van der Waals surface area contributed by atoms with E-state index in [2.05, 4.69) is 10.0 Å². The van der Waals surface area contributed by atoms with Crippen LogP contribution in [0.5, 0.6) is 0 Å². The highest BCUT2D eigenvalue weighted by Crippen LogP contribution is 2.21. The molecule has 0 unspecified atom stereocenters. The Balaban J connectivity index is 2.50. The van der Waals surface area contributed by atoms with Gasteiger partial charge in [0.05, 0.1) is 0 Å². The Kier molecular flexibility index (Phi) is 6.95. The normalized spacial score (nSPS) is 12.2. The zero-order valence-electron chi connectivity index (χ0n) is 11.8. The molecule has 1 heterocycles. The summed E-state index contributed by atoms with van der Waals surface area (Å²) in [7, 11) is 2.50. The SMILES string of the molecule is CNCCc1ccc(S(=O)(=O)NCCCN(C)C)s1. The maximum Gasteiger partial charge on any atom is 0.250 e. The summed E-state index contributed by atoms with van der Waals surface area (Å²) >= 11 is 1.34. The first-order valence-corrected chi connectivity index (χ1v) is 8.63. The minimum Gasteiger partial charge on any atom is -0.319 e. The van der Waals surface area contributed by atoms with E-state index in [-0.39, 0.29) is 0 Å². The van der Waals surface area contributed by atoms with Gasteiger partial charge in [0.25, 0.3) is 0 Å². The van der Waals surface area contributed by atoms with E-state index in [0.717, 1.165) is 30.8 Å². The van der Waals surface area contributed by atoms with Crippen molar-refractivity contribution in [3.63, 3.8) is 0 Å². The van der Waals surface area contributed by atoms with Crippen LogP contribution in [0.2, 0.25) is 0 Å². The van der Waals surface area contributed by atoms with Crippen LogP contribution >= 0.6 is 11.3 Å². The van der Waals surface area contributed by atoms with E-state index < -0.39 is 10.0 Å². The maximum atomic E-state index is 12.0. The first-order valence-electron chi connectivity index (χ1n) is 6.33. The summed E-state index contributed by atoms with van der Waals surface area (Å²) in [5.41, 5.74) is 0. The predicted octanol–water partition coefficient (Wildman–Crippen LogP) is 0.740. The molecule has 0 atom stereocenters. The Labute approximate surface area is 120 Å². The molecule has 0 saturated carbocycles. The van der Waals surface area contributed by atoms with Gasteiger partial charge in [-0.2, -0.15) is 0 Å². The summed E-state index contributed by atoms with van der Waals surface area (Å²) in [4.78, 5) is 3.12. The number of hydrogen-bond donors (Lipinski definition) is 2. The van der Waals surface area contributed by atoms with Gasteiger partial charge in [0.1, 0.15) is 4.21 Å². The lowest BCUT2D eigenvalue weighted by Crippen LogP contribution is -2.26. The fraction of sp³-hybridized carbons (Fsp3) is 0.667. The molecule has 5 nitrogen and oxygen atoms in total. The molecule has 7 heteroatoms. The molecule has 0 aromatic carbocycles. The first-order chi connectivity index (χ1) is 8.95. The third kappa shape index (κ3) is 6.01. The standard InChI is InChI=1S/C12H23N3O2S2/c1-13-9-7-11-5-6-12(18-11)19(16,17)14-8-4-10-15(2)3/h5-6,13-14H,4,7-10H2,1-3H3. The van der Waals surface area contributed by atoms with Crippen molar-refractivity contribution >= 4 is 21.4 Å². The van der Waals surface area contributed by atoms with Crippen molar-refractivity contribution in [2.75, 3.05) is 40.8 Å². The predicted molar refractivity (Wildman–Crippen MR) is 80.3 cm³/mol. The van der Waals surface area contributed by atoms with Crippen molar-refractivity contribution in [1.82, 2.24) is 14.9 Å². The van der Waals surface area contributed by atoms with Gasteiger partial charge < -0.3 is 10.2 Å². The zero-order valence-corrected chi connectivity index (χ0v) is 13.4. The van der Waals surface area contributed by atoms with Crippen LogP contribution in [0, 0.1) is 0 Å². The van der Waals surface area contributed by atoms with Gasteiger partial charge >= 0.3 is 0 Å². The number of hydrogen-bond acceptors (Lipinski definition) is 5. The van der Waals surface area contributed by atoms with Crippen LogP contribution < -0.4 is 10.0 Å². The van der Waals surface area contributed by atoms with Crippen molar-refractivity contribution in [3.05, 3.63) is 17.0 Å². The number of thiophene rings is 1. The summed E-state index contributed by atoms with van der Waals surface area (Å²) < 4.78 is 27.1. The van der Waals surface area contributed by atoms with Crippen LogP contribution in [0.4, 0.5) is 0 Å². The topological polar surface area (TPSA) is 61.4 Å². The molecule has 1 aromatic heterocycles. The molecule has 0 amide bonds. The monoisotopic (exact) mass is 305 g/mol. The number of rotatable bonds is 9. The molecule has 0 spiro atoms. The molecular weight excluding hydrogens is 282 g/mol. The molecule has 0 bridgehead atoms. The van der Waals surface area contributed by atoms with Gasteiger partial charge in [-0.1, -0.05) is 0 Å². The lowest BCUT2D eigenvalue weighted by molar-refractivity contribution is 0.400. The summed E-state index contributed by atoms with van der Waals surface area (Å²) in [5.74, 6) is 0. The molecule has 2 N–H and O–H groups in total. The third-order valence-corrected chi connectivity index (χ3v) is 5.70. The number of nitrogens with zero attached hydrogens (tertiary/aromatic N) is 1. The van der Waals surface area contributed by atoms with Crippen molar-refractivity contribution in [2.45, 2.75) is 17.1 Å². The van der Waals surface area contributed by atoms with Crippen molar-refractivity contribution in [1.29, 1.82) is 0 Å². The molecule has 0 fully saturated rings. The van der Waals surface area contributed by atoms with Crippen LogP contribution in [0.25, 0.3) is 0 Å². The van der Waals surface area contributed by atoms with Gasteiger partial charge in [0, 0.05) is 11.4 Å². The van der Waals surface area contributed by atoms with Crippen molar-refractivity contribution in [3.8, 4) is 0 Å². The molecule has 0 aliphatic heterocycles. The molecule has 0 saturated heterocycles. The highest BCUT2D eigenvalue weighted by atomic mass is 32.2. The average molecular weight is 305 g/mol.